The number of halogens is 1. The van der Waals surface area contributed by atoms with Crippen molar-refractivity contribution in [2.24, 2.45) is 0 Å². The highest BCUT2D eigenvalue weighted by atomic mass is 79.9. The molecule has 2 aromatic rings. The second kappa shape index (κ2) is 7.48. The molecule has 112 valence electrons. The zero-order valence-electron chi connectivity index (χ0n) is 12.5. The number of nitrogens with one attached hydrogen (secondary N) is 1. The molecule has 0 saturated carbocycles. The Hall–Kier alpha value is -1.52. The first-order chi connectivity index (χ1) is 10.2. The Kier molecular flexibility index (Phi) is 5.65. The fourth-order valence-corrected chi connectivity index (χ4v) is 2.74. The van der Waals surface area contributed by atoms with Gasteiger partial charge in [-0.15, -0.1) is 0 Å². The molecule has 0 saturated heterocycles. The standard InChI is InChI=1S/C17H20BrNO2/c1-12(13-7-5-4-6-8-13)19-11-14-9-15(18)10-16(20-2)17(14)21-3/h4-10,12,19H,11H2,1-3H3/t12-/m0/s1. The minimum absolute atomic E-state index is 0.265. The summed E-state index contributed by atoms with van der Waals surface area (Å²) in [4.78, 5) is 0. The topological polar surface area (TPSA) is 30.5 Å². The first kappa shape index (κ1) is 15.9. The highest BCUT2D eigenvalue weighted by molar-refractivity contribution is 9.10. The smallest absolute Gasteiger partial charge is 0.165 e. The molecular weight excluding hydrogens is 330 g/mol. The molecule has 0 unspecified atom stereocenters. The van der Waals surface area contributed by atoms with Gasteiger partial charge in [0.15, 0.2) is 11.5 Å². The molecule has 0 aliphatic heterocycles. The van der Waals surface area contributed by atoms with Crippen molar-refractivity contribution >= 4 is 15.9 Å². The first-order valence-corrected chi connectivity index (χ1v) is 7.63. The SMILES string of the molecule is COc1cc(Br)cc(CN[C@@H](C)c2ccccc2)c1OC. The van der Waals surface area contributed by atoms with Gasteiger partial charge in [-0.2, -0.15) is 0 Å². The van der Waals surface area contributed by atoms with Gasteiger partial charge in [-0.1, -0.05) is 46.3 Å². The molecule has 2 rings (SSSR count). The Morgan fingerprint density at radius 1 is 1.10 bits per heavy atom. The number of methoxy groups -OCH3 is 2. The van der Waals surface area contributed by atoms with Gasteiger partial charge in [0.1, 0.15) is 0 Å². The molecule has 0 bridgehead atoms. The number of ether oxygens (including phenoxy) is 2. The minimum atomic E-state index is 0.265. The molecule has 0 fully saturated rings. The highest BCUT2D eigenvalue weighted by Gasteiger charge is 2.13. The molecule has 0 spiro atoms. The van der Waals surface area contributed by atoms with Gasteiger partial charge < -0.3 is 14.8 Å². The van der Waals surface area contributed by atoms with Gasteiger partial charge in [0.05, 0.1) is 14.2 Å². The van der Waals surface area contributed by atoms with Gasteiger partial charge in [-0.25, -0.2) is 0 Å². The van der Waals surface area contributed by atoms with Crippen molar-refractivity contribution < 1.29 is 9.47 Å². The molecule has 0 aliphatic rings. The molecule has 21 heavy (non-hydrogen) atoms. The molecule has 1 N–H and O–H groups in total. The predicted molar refractivity (Wildman–Crippen MR) is 88.9 cm³/mol. The fraction of sp³-hybridized carbons (Fsp3) is 0.294. The third-order valence-corrected chi connectivity index (χ3v) is 3.88. The fourth-order valence-electron chi connectivity index (χ4n) is 2.26. The van der Waals surface area contributed by atoms with Crippen LogP contribution in [0.1, 0.15) is 24.1 Å². The largest absolute Gasteiger partial charge is 0.493 e. The summed E-state index contributed by atoms with van der Waals surface area (Å²) in [5.74, 6) is 1.50. The molecule has 0 amide bonds. The number of hydrogen-bond donors (Lipinski definition) is 1. The van der Waals surface area contributed by atoms with Crippen LogP contribution in [0.2, 0.25) is 0 Å². The predicted octanol–water partition coefficient (Wildman–Crippen LogP) is 4.32. The Morgan fingerprint density at radius 3 is 2.43 bits per heavy atom. The quantitative estimate of drug-likeness (QED) is 0.842. The lowest BCUT2D eigenvalue weighted by Crippen LogP contribution is -2.18. The lowest BCUT2D eigenvalue weighted by atomic mass is 10.1. The number of benzene rings is 2. The summed E-state index contributed by atoms with van der Waals surface area (Å²) in [5, 5.41) is 3.51. The lowest BCUT2D eigenvalue weighted by molar-refractivity contribution is 0.349. The average Bonchev–Trinajstić information content (AvgIpc) is 2.52. The number of rotatable bonds is 6. The molecule has 3 nitrogen and oxygen atoms in total. The average molecular weight is 350 g/mol. The van der Waals surface area contributed by atoms with E-state index < -0.39 is 0 Å². The van der Waals surface area contributed by atoms with E-state index in [-0.39, 0.29) is 6.04 Å². The van der Waals surface area contributed by atoms with E-state index in [1.54, 1.807) is 14.2 Å². The zero-order chi connectivity index (χ0) is 15.2. The second-order valence-electron chi connectivity index (χ2n) is 4.81. The highest BCUT2D eigenvalue weighted by Crippen LogP contribution is 2.34. The maximum atomic E-state index is 5.47. The van der Waals surface area contributed by atoms with Crippen molar-refractivity contribution in [2.75, 3.05) is 14.2 Å². The lowest BCUT2D eigenvalue weighted by Gasteiger charge is -2.17. The van der Waals surface area contributed by atoms with Crippen molar-refractivity contribution in [2.45, 2.75) is 19.5 Å². The van der Waals surface area contributed by atoms with E-state index in [2.05, 4.69) is 52.4 Å². The van der Waals surface area contributed by atoms with Gasteiger partial charge in [0, 0.05) is 22.6 Å². The summed E-state index contributed by atoms with van der Waals surface area (Å²) in [6.45, 7) is 2.85. The summed E-state index contributed by atoms with van der Waals surface area (Å²) in [7, 11) is 3.31. The van der Waals surface area contributed by atoms with Crippen LogP contribution in [0, 0.1) is 0 Å². The van der Waals surface area contributed by atoms with Gasteiger partial charge in [-0.05, 0) is 24.6 Å². The van der Waals surface area contributed by atoms with Crippen LogP contribution in [0.25, 0.3) is 0 Å². The van der Waals surface area contributed by atoms with E-state index in [0.29, 0.717) is 6.54 Å². The summed E-state index contributed by atoms with van der Waals surface area (Å²) in [6.07, 6.45) is 0. The van der Waals surface area contributed by atoms with E-state index in [9.17, 15) is 0 Å². The van der Waals surface area contributed by atoms with Crippen molar-refractivity contribution in [3.8, 4) is 11.5 Å². The minimum Gasteiger partial charge on any atom is -0.493 e. The van der Waals surface area contributed by atoms with E-state index in [1.807, 2.05) is 18.2 Å². The Labute approximate surface area is 134 Å². The van der Waals surface area contributed by atoms with Crippen LogP contribution in [0.3, 0.4) is 0 Å². The second-order valence-corrected chi connectivity index (χ2v) is 5.73. The third kappa shape index (κ3) is 3.99. The maximum Gasteiger partial charge on any atom is 0.165 e. The maximum absolute atomic E-state index is 5.47. The summed E-state index contributed by atoms with van der Waals surface area (Å²) in [6, 6.07) is 14.6. The van der Waals surface area contributed by atoms with Crippen LogP contribution in [0.4, 0.5) is 0 Å². The van der Waals surface area contributed by atoms with E-state index >= 15 is 0 Å². The zero-order valence-corrected chi connectivity index (χ0v) is 14.1. The van der Waals surface area contributed by atoms with Crippen molar-refractivity contribution in [3.63, 3.8) is 0 Å². The Morgan fingerprint density at radius 2 is 1.81 bits per heavy atom. The molecule has 0 aliphatic carbocycles. The van der Waals surface area contributed by atoms with Gasteiger partial charge in [-0.3, -0.25) is 0 Å². The molecule has 2 aromatic carbocycles. The van der Waals surface area contributed by atoms with Crippen LogP contribution in [0.5, 0.6) is 11.5 Å². The molecule has 1 atom stereocenters. The monoisotopic (exact) mass is 349 g/mol. The molecule has 0 radical (unpaired) electrons. The van der Waals surface area contributed by atoms with Crippen LogP contribution in [-0.4, -0.2) is 14.2 Å². The van der Waals surface area contributed by atoms with E-state index in [4.69, 9.17) is 9.47 Å². The van der Waals surface area contributed by atoms with E-state index in [1.165, 1.54) is 5.56 Å². The van der Waals surface area contributed by atoms with Crippen molar-refractivity contribution in [3.05, 3.63) is 58.1 Å². The Balaban J connectivity index is 2.14. The van der Waals surface area contributed by atoms with E-state index in [0.717, 1.165) is 21.5 Å². The first-order valence-electron chi connectivity index (χ1n) is 6.84. The normalized spacial score (nSPS) is 12.0. The molecule has 4 heteroatoms. The van der Waals surface area contributed by atoms with Gasteiger partial charge in [0.25, 0.3) is 0 Å². The molecule has 0 aromatic heterocycles. The van der Waals surface area contributed by atoms with Gasteiger partial charge >= 0.3 is 0 Å². The Bertz CT molecular complexity index is 587. The van der Waals surface area contributed by atoms with Crippen molar-refractivity contribution in [1.29, 1.82) is 0 Å². The third-order valence-electron chi connectivity index (χ3n) is 3.42. The summed E-state index contributed by atoms with van der Waals surface area (Å²) in [5.41, 5.74) is 2.32. The van der Waals surface area contributed by atoms with Crippen LogP contribution in [0.15, 0.2) is 46.9 Å². The van der Waals surface area contributed by atoms with Crippen LogP contribution < -0.4 is 14.8 Å². The van der Waals surface area contributed by atoms with Crippen LogP contribution >= 0.6 is 15.9 Å². The van der Waals surface area contributed by atoms with Gasteiger partial charge in [0.2, 0.25) is 0 Å². The summed E-state index contributed by atoms with van der Waals surface area (Å²) < 4.78 is 11.8. The summed E-state index contributed by atoms with van der Waals surface area (Å²) >= 11 is 3.51. The molecule has 0 heterocycles. The number of hydrogen-bond acceptors (Lipinski definition) is 3. The van der Waals surface area contributed by atoms with Crippen molar-refractivity contribution in [1.82, 2.24) is 5.32 Å². The molecular formula is C17H20BrNO2. The van der Waals surface area contributed by atoms with Crippen LogP contribution in [-0.2, 0) is 6.54 Å².